The molecule has 4 rings (SSSR count). The Morgan fingerprint density at radius 3 is 2.53 bits per heavy atom. The number of carbonyl (C=O) groups is 1. The van der Waals surface area contributed by atoms with Crippen molar-refractivity contribution in [2.45, 2.75) is 26.7 Å². The lowest BCUT2D eigenvalue weighted by Gasteiger charge is -2.17. The number of hydrogen-bond acceptors (Lipinski definition) is 6. The molecule has 0 bridgehead atoms. The number of carbonyl (C=O) groups excluding carboxylic acids is 1. The monoisotopic (exact) mass is 516 g/mol. The normalized spacial score (nSPS) is 10.7. The second-order valence-electron chi connectivity index (χ2n) is 8.32. The molecule has 0 aliphatic rings. The van der Waals surface area contributed by atoms with Gasteiger partial charge in [0.1, 0.15) is 5.56 Å². The van der Waals surface area contributed by atoms with Crippen LogP contribution < -0.4 is 14.8 Å². The summed E-state index contributed by atoms with van der Waals surface area (Å²) in [5.74, 6) is 0.0968. The number of rotatable bonds is 8. The van der Waals surface area contributed by atoms with E-state index in [2.05, 4.69) is 15.3 Å². The zero-order valence-corrected chi connectivity index (χ0v) is 21.0. The number of methoxy groups -OCH3 is 1. The third-order valence-electron chi connectivity index (χ3n) is 5.94. The lowest BCUT2D eigenvalue weighted by molar-refractivity contribution is 0.102. The molecule has 0 aliphatic carbocycles. The third-order valence-corrected chi connectivity index (χ3v) is 5.94. The summed E-state index contributed by atoms with van der Waals surface area (Å²) in [4.78, 5) is 22.3. The fourth-order valence-electron chi connectivity index (χ4n) is 3.89. The van der Waals surface area contributed by atoms with Gasteiger partial charge < -0.3 is 14.8 Å². The van der Waals surface area contributed by atoms with E-state index >= 15 is 0 Å². The maximum absolute atomic E-state index is 13.6. The van der Waals surface area contributed by atoms with Crippen molar-refractivity contribution in [2.75, 3.05) is 12.4 Å². The second kappa shape index (κ2) is 11.5. The molecule has 7 nitrogen and oxygen atoms in total. The Balaban J connectivity index is 0.00000420. The van der Waals surface area contributed by atoms with Crippen LogP contribution in [0.1, 0.15) is 47.5 Å². The highest BCUT2D eigenvalue weighted by molar-refractivity contribution is 6.08. The molecule has 0 saturated carbocycles. The highest BCUT2D eigenvalue weighted by Gasteiger charge is 2.23. The minimum absolute atomic E-state index is 0. The summed E-state index contributed by atoms with van der Waals surface area (Å²) in [6.07, 6.45) is 1.24. The predicted molar refractivity (Wildman–Crippen MR) is 141 cm³/mol. The molecule has 2 heterocycles. The molecule has 0 saturated heterocycles. The number of halogens is 2. The number of anilines is 1. The largest absolute Gasteiger partial charge is 0.493 e. The van der Waals surface area contributed by atoms with E-state index in [4.69, 9.17) is 9.47 Å². The smallest absolute Gasteiger partial charge is 0.263 e. The summed E-state index contributed by atoms with van der Waals surface area (Å²) in [6.45, 7) is 3.70. The second-order valence-corrected chi connectivity index (χ2v) is 8.32. The molecule has 0 unspecified atom stereocenters. The quantitative estimate of drug-likeness (QED) is 0.268. The van der Waals surface area contributed by atoms with Crippen LogP contribution in [0.4, 0.5) is 14.5 Å². The van der Waals surface area contributed by atoms with Crippen LogP contribution in [0.2, 0.25) is 0 Å². The Hall–Kier alpha value is -4.84. The van der Waals surface area contributed by atoms with Gasteiger partial charge in [0.05, 0.1) is 18.7 Å². The number of hydrogen-bond donors (Lipinski definition) is 1. The van der Waals surface area contributed by atoms with Crippen LogP contribution in [-0.4, -0.2) is 23.0 Å². The molecule has 4 aromatic rings. The van der Waals surface area contributed by atoms with Gasteiger partial charge >= 0.3 is 0 Å². The molecule has 1 amide bonds. The molecular formula is C29H26F2N4O3. The van der Waals surface area contributed by atoms with Crippen molar-refractivity contribution in [3.8, 4) is 34.6 Å². The number of alkyl halides is 2. The van der Waals surface area contributed by atoms with Crippen LogP contribution in [0.3, 0.4) is 0 Å². The SMILES string of the molecule is CCc1cc(NC(=O)c2c(Oc3ccc(C#N)cc3OC)ncc(-c3ccc(C(F)F)cc3)c2C)ccn1.[HH]. The number of amides is 1. The van der Waals surface area contributed by atoms with E-state index in [1.54, 1.807) is 49.5 Å². The number of pyridine rings is 2. The first-order valence-electron chi connectivity index (χ1n) is 11.7. The molecule has 0 fully saturated rings. The molecule has 0 atom stereocenters. The number of nitrogens with zero attached hydrogens (tertiary/aromatic N) is 3. The van der Waals surface area contributed by atoms with Crippen LogP contribution in [0, 0.1) is 18.3 Å². The van der Waals surface area contributed by atoms with Crippen molar-refractivity contribution in [2.24, 2.45) is 0 Å². The van der Waals surface area contributed by atoms with Crippen LogP contribution in [0.5, 0.6) is 17.4 Å². The molecule has 38 heavy (non-hydrogen) atoms. The van der Waals surface area contributed by atoms with E-state index in [1.807, 2.05) is 13.0 Å². The van der Waals surface area contributed by atoms with E-state index in [0.29, 0.717) is 40.1 Å². The summed E-state index contributed by atoms with van der Waals surface area (Å²) in [5.41, 5.74) is 3.53. The van der Waals surface area contributed by atoms with E-state index in [9.17, 15) is 18.8 Å². The van der Waals surface area contributed by atoms with Gasteiger partial charge in [-0.25, -0.2) is 13.8 Å². The maximum atomic E-state index is 13.6. The highest BCUT2D eigenvalue weighted by Crippen LogP contribution is 2.37. The van der Waals surface area contributed by atoms with Gasteiger partial charge in [0.2, 0.25) is 5.88 Å². The molecule has 9 heteroatoms. The lowest BCUT2D eigenvalue weighted by atomic mass is 9.97. The Bertz CT molecular complexity index is 1520. The summed E-state index contributed by atoms with van der Waals surface area (Å²) >= 11 is 0. The number of aryl methyl sites for hydroxylation is 1. The van der Waals surface area contributed by atoms with Crippen molar-refractivity contribution >= 4 is 11.6 Å². The zero-order valence-electron chi connectivity index (χ0n) is 21.0. The standard InChI is InChI=1S/C29H24F2N4O3.H2/c1-4-21-14-22(11-12-33-21)35-28(36)26-17(2)23(19-6-8-20(9-7-19)27(30)31)16-34-29(26)38-24-10-5-18(15-32)13-25(24)37-3;/h5-14,16,27H,4H2,1-3H3,(H,33,35,36);1H. The van der Waals surface area contributed by atoms with E-state index < -0.39 is 12.3 Å². The predicted octanol–water partition coefficient (Wildman–Crippen LogP) is 7.12. The highest BCUT2D eigenvalue weighted by atomic mass is 19.3. The fraction of sp³-hybridized carbons (Fsp3) is 0.172. The van der Waals surface area contributed by atoms with E-state index in [0.717, 1.165) is 5.69 Å². The van der Waals surface area contributed by atoms with Crippen molar-refractivity contribution in [3.05, 3.63) is 94.9 Å². The average molecular weight is 517 g/mol. The number of nitrogens with one attached hydrogen (secondary N) is 1. The van der Waals surface area contributed by atoms with Gasteiger partial charge in [0.15, 0.2) is 11.5 Å². The van der Waals surface area contributed by atoms with Crippen LogP contribution in [0.15, 0.2) is 67.0 Å². The van der Waals surface area contributed by atoms with Crippen molar-refractivity contribution < 1.29 is 24.5 Å². The Morgan fingerprint density at radius 2 is 1.87 bits per heavy atom. The number of benzene rings is 2. The van der Waals surface area contributed by atoms with Crippen LogP contribution >= 0.6 is 0 Å². The minimum Gasteiger partial charge on any atom is -0.493 e. The van der Waals surface area contributed by atoms with Crippen LogP contribution in [0.25, 0.3) is 11.1 Å². The summed E-state index contributed by atoms with van der Waals surface area (Å²) in [6, 6.07) is 15.9. The fourth-order valence-corrected chi connectivity index (χ4v) is 3.89. The molecule has 0 spiro atoms. The minimum atomic E-state index is -2.59. The van der Waals surface area contributed by atoms with Gasteiger partial charge in [0.25, 0.3) is 12.3 Å². The first-order chi connectivity index (χ1) is 18.3. The number of aromatic nitrogens is 2. The molecule has 1 N–H and O–H groups in total. The molecule has 2 aromatic carbocycles. The van der Waals surface area contributed by atoms with Gasteiger partial charge in [-0.1, -0.05) is 31.2 Å². The van der Waals surface area contributed by atoms with Crippen LogP contribution in [-0.2, 0) is 6.42 Å². The zero-order chi connectivity index (χ0) is 27.2. The van der Waals surface area contributed by atoms with Crippen molar-refractivity contribution in [3.63, 3.8) is 0 Å². The average Bonchev–Trinajstić information content (AvgIpc) is 2.93. The van der Waals surface area contributed by atoms with Gasteiger partial charge in [-0.15, -0.1) is 0 Å². The summed E-state index contributed by atoms with van der Waals surface area (Å²) in [7, 11) is 1.44. The van der Waals surface area contributed by atoms with Gasteiger partial charge in [-0.05, 0) is 48.7 Å². The first-order valence-corrected chi connectivity index (χ1v) is 11.7. The lowest BCUT2D eigenvalue weighted by Crippen LogP contribution is -2.16. The number of ether oxygens (including phenoxy) is 2. The number of nitriles is 1. The Kier molecular flexibility index (Phi) is 7.92. The van der Waals surface area contributed by atoms with Gasteiger partial charge in [0, 0.05) is 42.4 Å². The molecule has 2 aromatic heterocycles. The molecule has 0 aliphatic heterocycles. The molecular weight excluding hydrogens is 490 g/mol. The first kappa shape index (κ1) is 26.2. The molecule has 194 valence electrons. The summed E-state index contributed by atoms with van der Waals surface area (Å²) in [5, 5.41) is 12.1. The Labute approximate surface area is 220 Å². The maximum Gasteiger partial charge on any atom is 0.263 e. The van der Waals surface area contributed by atoms with Crippen molar-refractivity contribution in [1.82, 2.24) is 9.97 Å². The topological polar surface area (TPSA) is 97.1 Å². The van der Waals surface area contributed by atoms with Gasteiger partial charge in [-0.2, -0.15) is 5.26 Å². The van der Waals surface area contributed by atoms with Gasteiger partial charge in [-0.3, -0.25) is 9.78 Å². The van der Waals surface area contributed by atoms with E-state index in [1.165, 1.54) is 31.5 Å². The van der Waals surface area contributed by atoms with Crippen molar-refractivity contribution in [1.29, 1.82) is 5.26 Å². The third kappa shape index (κ3) is 5.60. The molecule has 0 radical (unpaired) electrons. The van der Waals surface area contributed by atoms with E-state index in [-0.39, 0.29) is 24.2 Å². The summed E-state index contributed by atoms with van der Waals surface area (Å²) < 4.78 is 37.5. The Morgan fingerprint density at radius 1 is 1.11 bits per heavy atom.